The number of nitrogens with two attached hydrogens (primary N) is 1. The Labute approximate surface area is 96.2 Å². The molecule has 1 unspecified atom stereocenters. The minimum absolute atomic E-state index is 0.305. The monoisotopic (exact) mass is 224 g/mol. The van der Waals surface area contributed by atoms with Gasteiger partial charge in [0, 0.05) is 4.88 Å². The van der Waals surface area contributed by atoms with Crippen LogP contribution in [0.5, 0.6) is 0 Å². The summed E-state index contributed by atoms with van der Waals surface area (Å²) in [7, 11) is 0. The molecule has 1 atom stereocenters. The molecule has 0 aliphatic rings. The summed E-state index contributed by atoms with van der Waals surface area (Å²) in [5, 5.41) is 2.14. The number of thiophene rings is 1. The van der Waals surface area contributed by atoms with Crippen molar-refractivity contribution < 1.29 is 0 Å². The number of hydrogen-bond acceptors (Lipinski definition) is 3. The topological polar surface area (TPSA) is 38.0 Å². The van der Waals surface area contributed by atoms with E-state index in [9.17, 15) is 0 Å². The number of rotatable bonds is 7. The normalized spacial score (nSPS) is 12.7. The van der Waals surface area contributed by atoms with Gasteiger partial charge in [-0.25, -0.2) is 0 Å². The first-order valence-corrected chi connectivity index (χ1v) is 6.34. The standard InChI is InChI=1S/C12H20N2S/c1-3-5-6-7-11(14-13)12-10(4-2)8-9-15-12/h3,8-9,11,14H,1,4-7,13H2,2H3. The highest BCUT2D eigenvalue weighted by molar-refractivity contribution is 7.10. The second-order valence-electron chi connectivity index (χ2n) is 3.60. The third-order valence-electron chi connectivity index (χ3n) is 2.58. The highest BCUT2D eigenvalue weighted by Gasteiger charge is 2.13. The van der Waals surface area contributed by atoms with E-state index in [1.807, 2.05) is 6.08 Å². The van der Waals surface area contributed by atoms with Crippen LogP contribution < -0.4 is 11.3 Å². The van der Waals surface area contributed by atoms with Crippen molar-refractivity contribution in [2.45, 2.75) is 38.6 Å². The maximum Gasteiger partial charge on any atom is 0.0556 e. The Kier molecular flexibility index (Phi) is 5.61. The largest absolute Gasteiger partial charge is 0.271 e. The van der Waals surface area contributed by atoms with E-state index in [2.05, 4.69) is 30.4 Å². The number of nitrogens with one attached hydrogen (secondary N) is 1. The number of hydrazine groups is 1. The summed E-state index contributed by atoms with van der Waals surface area (Å²) in [6.07, 6.45) is 6.32. The van der Waals surface area contributed by atoms with Crippen LogP contribution in [0.3, 0.4) is 0 Å². The van der Waals surface area contributed by atoms with Crippen LogP contribution in [-0.4, -0.2) is 0 Å². The molecule has 1 rings (SSSR count). The zero-order chi connectivity index (χ0) is 11.1. The lowest BCUT2D eigenvalue weighted by Gasteiger charge is -2.15. The molecule has 0 bridgehead atoms. The van der Waals surface area contributed by atoms with Gasteiger partial charge < -0.3 is 0 Å². The first kappa shape index (κ1) is 12.4. The van der Waals surface area contributed by atoms with Gasteiger partial charge in [0.2, 0.25) is 0 Å². The molecule has 3 heteroatoms. The van der Waals surface area contributed by atoms with Crippen molar-refractivity contribution in [1.82, 2.24) is 5.43 Å². The van der Waals surface area contributed by atoms with E-state index in [0.29, 0.717) is 6.04 Å². The zero-order valence-electron chi connectivity index (χ0n) is 9.33. The fourth-order valence-electron chi connectivity index (χ4n) is 1.70. The van der Waals surface area contributed by atoms with E-state index in [4.69, 9.17) is 5.84 Å². The summed E-state index contributed by atoms with van der Waals surface area (Å²) < 4.78 is 0. The highest BCUT2D eigenvalue weighted by Crippen LogP contribution is 2.28. The minimum Gasteiger partial charge on any atom is -0.271 e. The number of unbranched alkanes of at least 4 members (excludes halogenated alkanes) is 1. The fraction of sp³-hybridized carbons (Fsp3) is 0.500. The van der Waals surface area contributed by atoms with Gasteiger partial charge >= 0.3 is 0 Å². The van der Waals surface area contributed by atoms with Gasteiger partial charge in [-0.1, -0.05) is 13.0 Å². The third kappa shape index (κ3) is 3.45. The van der Waals surface area contributed by atoms with Crippen molar-refractivity contribution in [3.05, 3.63) is 34.5 Å². The molecule has 0 amide bonds. The van der Waals surface area contributed by atoms with Crippen molar-refractivity contribution in [3.63, 3.8) is 0 Å². The van der Waals surface area contributed by atoms with Gasteiger partial charge in [-0.15, -0.1) is 17.9 Å². The molecular formula is C12H20N2S. The van der Waals surface area contributed by atoms with Gasteiger partial charge in [0.15, 0.2) is 0 Å². The molecule has 1 aromatic rings. The molecule has 0 saturated carbocycles. The SMILES string of the molecule is C=CCCCC(NN)c1sccc1CC. The van der Waals surface area contributed by atoms with Crippen LogP contribution in [0, 0.1) is 0 Å². The first-order valence-electron chi connectivity index (χ1n) is 5.46. The smallest absolute Gasteiger partial charge is 0.0556 e. The minimum atomic E-state index is 0.305. The molecule has 15 heavy (non-hydrogen) atoms. The van der Waals surface area contributed by atoms with Gasteiger partial charge in [0.05, 0.1) is 6.04 Å². The predicted octanol–water partition coefficient (Wildman–Crippen LogP) is 3.17. The molecular weight excluding hydrogens is 204 g/mol. The summed E-state index contributed by atoms with van der Waals surface area (Å²) in [6, 6.07) is 2.50. The molecule has 1 aromatic heterocycles. The van der Waals surface area contributed by atoms with E-state index >= 15 is 0 Å². The number of allylic oxidation sites excluding steroid dienone is 1. The van der Waals surface area contributed by atoms with Crippen LogP contribution in [0.4, 0.5) is 0 Å². The van der Waals surface area contributed by atoms with Gasteiger partial charge in [-0.05, 0) is 42.7 Å². The van der Waals surface area contributed by atoms with Gasteiger partial charge in [0.1, 0.15) is 0 Å². The quantitative estimate of drug-likeness (QED) is 0.323. The number of hydrogen-bond donors (Lipinski definition) is 2. The maximum atomic E-state index is 5.60. The second-order valence-corrected chi connectivity index (χ2v) is 4.55. The van der Waals surface area contributed by atoms with Crippen molar-refractivity contribution in [3.8, 4) is 0 Å². The molecule has 0 aliphatic heterocycles. The molecule has 0 fully saturated rings. The van der Waals surface area contributed by atoms with Gasteiger partial charge in [-0.3, -0.25) is 11.3 Å². The maximum absolute atomic E-state index is 5.60. The van der Waals surface area contributed by atoms with Crippen LogP contribution in [0.15, 0.2) is 24.1 Å². The second kappa shape index (κ2) is 6.77. The average molecular weight is 224 g/mol. The molecule has 0 aromatic carbocycles. The molecule has 3 N–H and O–H groups in total. The Morgan fingerprint density at radius 2 is 2.47 bits per heavy atom. The molecule has 0 radical (unpaired) electrons. The summed E-state index contributed by atoms with van der Waals surface area (Å²) in [5.74, 6) is 5.60. The molecule has 2 nitrogen and oxygen atoms in total. The van der Waals surface area contributed by atoms with E-state index in [-0.39, 0.29) is 0 Å². The van der Waals surface area contributed by atoms with Crippen LogP contribution in [0.1, 0.15) is 42.7 Å². The summed E-state index contributed by atoms with van der Waals surface area (Å²) in [4.78, 5) is 1.39. The van der Waals surface area contributed by atoms with Crippen LogP contribution in [-0.2, 0) is 6.42 Å². The van der Waals surface area contributed by atoms with E-state index in [0.717, 1.165) is 25.7 Å². The Morgan fingerprint density at radius 1 is 1.67 bits per heavy atom. The predicted molar refractivity (Wildman–Crippen MR) is 67.8 cm³/mol. The fourth-order valence-corrected chi connectivity index (χ4v) is 2.79. The molecule has 1 heterocycles. The summed E-state index contributed by atoms with van der Waals surface area (Å²) in [5.41, 5.74) is 4.33. The Balaban J connectivity index is 2.60. The molecule has 0 saturated heterocycles. The molecule has 84 valence electrons. The summed E-state index contributed by atoms with van der Waals surface area (Å²) >= 11 is 1.80. The van der Waals surface area contributed by atoms with E-state index < -0.39 is 0 Å². The van der Waals surface area contributed by atoms with E-state index in [1.165, 1.54) is 10.4 Å². The van der Waals surface area contributed by atoms with Crippen molar-refractivity contribution in [1.29, 1.82) is 0 Å². The average Bonchev–Trinajstić information content (AvgIpc) is 2.72. The highest BCUT2D eigenvalue weighted by atomic mass is 32.1. The van der Waals surface area contributed by atoms with Crippen molar-refractivity contribution >= 4 is 11.3 Å². The van der Waals surface area contributed by atoms with Gasteiger partial charge in [0.25, 0.3) is 0 Å². The first-order chi connectivity index (χ1) is 7.33. The lowest BCUT2D eigenvalue weighted by Crippen LogP contribution is -2.27. The third-order valence-corrected chi connectivity index (χ3v) is 3.65. The van der Waals surface area contributed by atoms with E-state index in [1.54, 1.807) is 11.3 Å². The lowest BCUT2D eigenvalue weighted by atomic mass is 10.0. The Morgan fingerprint density at radius 3 is 3.07 bits per heavy atom. The number of aryl methyl sites for hydroxylation is 1. The Hall–Kier alpha value is -0.640. The molecule has 0 spiro atoms. The van der Waals surface area contributed by atoms with Crippen LogP contribution >= 0.6 is 11.3 Å². The zero-order valence-corrected chi connectivity index (χ0v) is 10.1. The lowest BCUT2D eigenvalue weighted by molar-refractivity contribution is 0.505. The molecule has 0 aliphatic carbocycles. The Bertz CT molecular complexity index is 294. The van der Waals surface area contributed by atoms with Crippen molar-refractivity contribution in [2.24, 2.45) is 5.84 Å². The van der Waals surface area contributed by atoms with Crippen LogP contribution in [0.2, 0.25) is 0 Å². The summed E-state index contributed by atoms with van der Waals surface area (Å²) in [6.45, 7) is 5.91. The van der Waals surface area contributed by atoms with Crippen LogP contribution in [0.25, 0.3) is 0 Å². The van der Waals surface area contributed by atoms with Gasteiger partial charge in [-0.2, -0.15) is 0 Å². The van der Waals surface area contributed by atoms with Crippen molar-refractivity contribution in [2.75, 3.05) is 0 Å².